The van der Waals surface area contributed by atoms with E-state index < -0.39 is 26.6 Å². The molecule has 0 bridgehead atoms. The minimum absolute atomic E-state index is 0.188. The number of rotatable bonds is 6. The van der Waals surface area contributed by atoms with Crippen molar-refractivity contribution >= 4 is 15.7 Å². The monoisotopic (exact) mass is 443 g/mol. The van der Waals surface area contributed by atoms with E-state index in [1.54, 1.807) is 23.0 Å². The molecular formula is C20H15F2N5O3S. The maximum Gasteiger partial charge on any atom is 0.262 e. The van der Waals surface area contributed by atoms with Crippen molar-refractivity contribution in [2.75, 3.05) is 4.72 Å². The molecular weight excluding hydrogens is 428 g/mol. The van der Waals surface area contributed by atoms with E-state index in [9.17, 15) is 17.2 Å². The van der Waals surface area contributed by atoms with Gasteiger partial charge in [-0.1, -0.05) is 0 Å². The topological polar surface area (TPSA) is 99.0 Å². The Morgan fingerprint density at radius 3 is 2.23 bits per heavy atom. The van der Waals surface area contributed by atoms with Crippen molar-refractivity contribution in [3.8, 4) is 17.4 Å². The van der Waals surface area contributed by atoms with Crippen LogP contribution in [0, 0.1) is 18.6 Å². The number of benzene rings is 2. The summed E-state index contributed by atoms with van der Waals surface area (Å²) in [5.41, 5.74) is 1.04. The molecule has 0 amide bonds. The third-order valence-corrected chi connectivity index (χ3v) is 5.42. The molecule has 1 N–H and O–H groups in total. The van der Waals surface area contributed by atoms with Crippen LogP contribution in [0.2, 0.25) is 0 Å². The predicted octanol–water partition coefficient (Wildman–Crippen LogP) is 3.84. The summed E-state index contributed by atoms with van der Waals surface area (Å²) in [6.45, 7) is 1.86. The molecule has 0 radical (unpaired) electrons. The fourth-order valence-corrected chi connectivity index (χ4v) is 3.74. The van der Waals surface area contributed by atoms with E-state index in [4.69, 9.17) is 4.74 Å². The van der Waals surface area contributed by atoms with E-state index >= 15 is 0 Å². The van der Waals surface area contributed by atoms with Crippen LogP contribution in [-0.4, -0.2) is 28.4 Å². The minimum atomic E-state index is -4.16. The molecule has 0 saturated carbocycles. The van der Waals surface area contributed by atoms with Crippen LogP contribution in [0.3, 0.4) is 0 Å². The number of nitrogens with zero attached hydrogens (tertiary/aromatic N) is 4. The fraction of sp³-hybridized carbons (Fsp3) is 0.0500. The van der Waals surface area contributed by atoms with Crippen LogP contribution < -0.4 is 9.46 Å². The second-order valence-corrected chi connectivity index (χ2v) is 8.15. The van der Waals surface area contributed by atoms with Crippen molar-refractivity contribution in [1.82, 2.24) is 20.0 Å². The molecule has 0 aliphatic carbocycles. The number of hydrogen-bond donors (Lipinski definition) is 1. The lowest BCUT2D eigenvalue weighted by molar-refractivity contribution is 0.454. The van der Waals surface area contributed by atoms with Crippen molar-refractivity contribution in [3.05, 3.63) is 84.2 Å². The van der Waals surface area contributed by atoms with Gasteiger partial charge in [-0.25, -0.2) is 21.9 Å². The van der Waals surface area contributed by atoms with E-state index in [0.717, 1.165) is 17.8 Å². The Morgan fingerprint density at radius 2 is 1.65 bits per heavy atom. The second-order valence-electron chi connectivity index (χ2n) is 6.47. The smallest absolute Gasteiger partial charge is 0.262 e. The summed E-state index contributed by atoms with van der Waals surface area (Å²) in [6, 6.07) is 13.1. The average Bonchev–Trinajstić information content (AvgIpc) is 3.15. The lowest BCUT2D eigenvalue weighted by Gasteiger charge is -2.10. The Hall–Kier alpha value is -3.86. The molecule has 0 aliphatic rings. The Kier molecular flexibility index (Phi) is 5.34. The van der Waals surface area contributed by atoms with Gasteiger partial charge in [0.2, 0.25) is 5.88 Å². The summed E-state index contributed by atoms with van der Waals surface area (Å²) < 4.78 is 60.7. The highest BCUT2D eigenvalue weighted by molar-refractivity contribution is 7.92. The molecule has 31 heavy (non-hydrogen) atoms. The minimum Gasteiger partial charge on any atom is -0.438 e. The highest BCUT2D eigenvalue weighted by atomic mass is 32.2. The molecule has 0 fully saturated rings. The zero-order chi connectivity index (χ0) is 22.0. The summed E-state index contributed by atoms with van der Waals surface area (Å²) in [5.74, 6) is -0.829. The maximum atomic E-state index is 13.3. The summed E-state index contributed by atoms with van der Waals surface area (Å²) in [6.07, 6.45) is 1.76. The van der Waals surface area contributed by atoms with Crippen LogP contribution in [0.5, 0.6) is 11.6 Å². The standard InChI is InChI=1S/C20H15F2N5O3S/c1-13-8-9-27(25-13)19-6-7-20(24-23-19)30-17-4-2-16(3-5-17)26-31(28,29)18-11-14(21)10-15(22)12-18/h2-12,26H,1H3. The molecule has 2 aromatic carbocycles. The Bertz CT molecular complexity index is 1300. The molecule has 0 atom stereocenters. The number of nitrogens with one attached hydrogen (secondary N) is 1. The molecule has 0 unspecified atom stereocenters. The number of ether oxygens (including phenoxy) is 1. The molecule has 2 aromatic heterocycles. The van der Waals surface area contributed by atoms with Crippen LogP contribution in [-0.2, 0) is 10.0 Å². The Morgan fingerprint density at radius 1 is 0.935 bits per heavy atom. The number of aromatic nitrogens is 4. The van der Waals surface area contributed by atoms with Gasteiger partial charge in [-0.3, -0.25) is 4.72 Å². The van der Waals surface area contributed by atoms with Gasteiger partial charge < -0.3 is 4.74 Å². The number of anilines is 1. The number of aryl methyl sites for hydroxylation is 1. The van der Waals surface area contributed by atoms with Gasteiger partial charge >= 0.3 is 0 Å². The highest BCUT2D eigenvalue weighted by Gasteiger charge is 2.17. The first-order valence-electron chi connectivity index (χ1n) is 8.92. The van der Waals surface area contributed by atoms with Gasteiger partial charge in [-0.15, -0.1) is 10.2 Å². The third kappa shape index (κ3) is 4.83. The molecule has 11 heteroatoms. The van der Waals surface area contributed by atoms with Gasteiger partial charge in [0.25, 0.3) is 10.0 Å². The van der Waals surface area contributed by atoms with Crippen molar-refractivity contribution < 1.29 is 21.9 Å². The van der Waals surface area contributed by atoms with Crippen LogP contribution in [0.4, 0.5) is 14.5 Å². The van der Waals surface area contributed by atoms with E-state index in [0.29, 0.717) is 17.6 Å². The highest BCUT2D eigenvalue weighted by Crippen LogP contribution is 2.23. The van der Waals surface area contributed by atoms with Crippen LogP contribution >= 0.6 is 0 Å². The number of sulfonamides is 1. The van der Waals surface area contributed by atoms with Gasteiger partial charge in [-0.05, 0) is 55.5 Å². The fourth-order valence-electron chi connectivity index (χ4n) is 2.64. The van der Waals surface area contributed by atoms with Crippen LogP contribution in [0.1, 0.15) is 5.69 Å². The quantitative estimate of drug-likeness (QED) is 0.486. The van der Waals surface area contributed by atoms with Crippen molar-refractivity contribution in [2.45, 2.75) is 11.8 Å². The summed E-state index contributed by atoms with van der Waals surface area (Å²) in [7, 11) is -4.16. The SMILES string of the molecule is Cc1ccn(-c2ccc(Oc3ccc(NS(=O)(=O)c4cc(F)cc(F)c4)cc3)nn2)n1. The molecule has 8 nitrogen and oxygen atoms in total. The normalized spacial score (nSPS) is 11.3. The third-order valence-electron chi connectivity index (χ3n) is 4.06. The number of halogens is 2. The van der Waals surface area contributed by atoms with Crippen molar-refractivity contribution in [2.24, 2.45) is 0 Å². The van der Waals surface area contributed by atoms with E-state index in [1.807, 2.05) is 13.0 Å². The first-order valence-corrected chi connectivity index (χ1v) is 10.4. The van der Waals surface area contributed by atoms with Gasteiger partial charge in [0.05, 0.1) is 10.6 Å². The van der Waals surface area contributed by atoms with Crippen molar-refractivity contribution in [1.29, 1.82) is 0 Å². The summed E-state index contributed by atoms with van der Waals surface area (Å²) >= 11 is 0. The largest absolute Gasteiger partial charge is 0.438 e. The Labute approximate surface area is 176 Å². The van der Waals surface area contributed by atoms with E-state index in [1.165, 1.54) is 24.3 Å². The zero-order valence-electron chi connectivity index (χ0n) is 16.0. The molecule has 0 saturated heterocycles. The molecule has 0 spiro atoms. The average molecular weight is 443 g/mol. The van der Waals surface area contributed by atoms with E-state index in [-0.39, 0.29) is 11.6 Å². The van der Waals surface area contributed by atoms with Gasteiger partial charge in [0, 0.05) is 24.0 Å². The molecule has 4 rings (SSSR count). The van der Waals surface area contributed by atoms with Crippen LogP contribution in [0.15, 0.2) is 71.8 Å². The first kappa shape index (κ1) is 20.4. The zero-order valence-corrected chi connectivity index (χ0v) is 16.8. The van der Waals surface area contributed by atoms with Gasteiger partial charge in [0.1, 0.15) is 17.4 Å². The lowest BCUT2D eigenvalue weighted by atomic mass is 10.3. The van der Waals surface area contributed by atoms with E-state index in [2.05, 4.69) is 20.0 Å². The molecule has 0 aliphatic heterocycles. The number of hydrogen-bond acceptors (Lipinski definition) is 6. The van der Waals surface area contributed by atoms with Gasteiger partial charge in [0.15, 0.2) is 5.82 Å². The Balaban J connectivity index is 1.44. The lowest BCUT2D eigenvalue weighted by Crippen LogP contribution is -2.13. The van der Waals surface area contributed by atoms with Crippen molar-refractivity contribution in [3.63, 3.8) is 0 Å². The maximum absolute atomic E-state index is 13.3. The predicted molar refractivity (Wildman–Crippen MR) is 108 cm³/mol. The van der Waals surface area contributed by atoms with Gasteiger partial charge in [-0.2, -0.15) is 5.10 Å². The molecule has 2 heterocycles. The molecule has 4 aromatic rings. The molecule has 158 valence electrons. The summed E-state index contributed by atoms with van der Waals surface area (Å²) in [5, 5.41) is 12.3. The van der Waals surface area contributed by atoms with Crippen LogP contribution in [0.25, 0.3) is 5.82 Å². The summed E-state index contributed by atoms with van der Waals surface area (Å²) in [4.78, 5) is -0.520. The second kappa shape index (κ2) is 8.11. The first-order chi connectivity index (χ1) is 14.8.